The third-order valence-corrected chi connectivity index (χ3v) is 4.29. The maximum Gasteiger partial charge on any atom is 0.338 e. The lowest BCUT2D eigenvalue weighted by atomic mass is 9.68. The highest BCUT2D eigenvalue weighted by Gasteiger charge is 2.37. The highest BCUT2D eigenvalue weighted by atomic mass is 19.1. The summed E-state index contributed by atoms with van der Waals surface area (Å²) in [4.78, 5) is 23.1. The van der Waals surface area contributed by atoms with E-state index in [1.807, 2.05) is 0 Å². The van der Waals surface area contributed by atoms with Crippen molar-refractivity contribution in [2.75, 3.05) is 5.32 Å². The van der Waals surface area contributed by atoms with Crippen molar-refractivity contribution < 1.29 is 19.1 Å². The number of carboxylic acids is 1. The van der Waals surface area contributed by atoms with Crippen LogP contribution >= 0.6 is 0 Å². The minimum Gasteiger partial charge on any atom is -0.478 e. The van der Waals surface area contributed by atoms with Crippen LogP contribution in [0.1, 0.15) is 49.9 Å². The van der Waals surface area contributed by atoms with E-state index >= 15 is 0 Å². The normalized spacial score (nSPS) is 20.8. The van der Waals surface area contributed by atoms with E-state index in [0.717, 1.165) is 31.7 Å². The molecule has 0 saturated heterocycles. The van der Waals surface area contributed by atoms with Crippen LogP contribution in [-0.4, -0.2) is 17.0 Å². The number of rotatable bonds is 3. The van der Waals surface area contributed by atoms with Crippen LogP contribution in [0.2, 0.25) is 0 Å². The Morgan fingerprint density at radius 1 is 1.33 bits per heavy atom. The van der Waals surface area contributed by atoms with Gasteiger partial charge in [0, 0.05) is 11.6 Å². The number of hydrogen-bond donors (Lipinski definition) is 2. The molecular weight excluding hydrogens is 273 g/mol. The summed E-state index contributed by atoms with van der Waals surface area (Å²) in [6, 6.07) is 3.64. The van der Waals surface area contributed by atoms with Gasteiger partial charge in [0.2, 0.25) is 5.91 Å². The van der Waals surface area contributed by atoms with Gasteiger partial charge in [-0.2, -0.15) is 0 Å². The molecule has 2 N–H and O–H groups in total. The average molecular weight is 293 g/mol. The zero-order chi connectivity index (χ0) is 15.6. The lowest BCUT2D eigenvalue weighted by Crippen LogP contribution is -2.37. The van der Waals surface area contributed by atoms with Crippen molar-refractivity contribution in [1.82, 2.24) is 0 Å². The molecule has 1 aromatic rings. The fourth-order valence-corrected chi connectivity index (χ4v) is 2.98. The third kappa shape index (κ3) is 3.40. The second-order valence-electron chi connectivity index (χ2n) is 6.28. The molecule has 2 rings (SSSR count). The summed E-state index contributed by atoms with van der Waals surface area (Å²) in [5.41, 5.74) is -0.170. The van der Waals surface area contributed by atoms with E-state index in [1.165, 1.54) is 12.1 Å². The zero-order valence-corrected chi connectivity index (χ0v) is 12.3. The Morgan fingerprint density at radius 2 is 2.05 bits per heavy atom. The van der Waals surface area contributed by atoms with Gasteiger partial charge in [-0.3, -0.25) is 4.79 Å². The van der Waals surface area contributed by atoms with Gasteiger partial charge in [0.15, 0.2) is 0 Å². The van der Waals surface area contributed by atoms with Crippen LogP contribution in [0.15, 0.2) is 18.2 Å². The van der Waals surface area contributed by atoms with Crippen molar-refractivity contribution in [2.24, 2.45) is 11.3 Å². The number of nitrogens with one attached hydrogen (secondary N) is 1. The van der Waals surface area contributed by atoms with Crippen LogP contribution in [0.3, 0.4) is 0 Å². The molecule has 1 aromatic carbocycles. The Balaban J connectivity index is 2.12. The van der Waals surface area contributed by atoms with E-state index in [2.05, 4.69) is 19.2 Å². The molecular formula is C16H20FNO3. The first-order valence-corrected chi connectivity index (χ1v) is 7.15. The Bertz CT molecular complexity index is 569. The molecule has 1 fully saturated rings. The molecule has 1 saturated carbocycles. The minimum absolute atomic E-state index is 0.0676. The monoisotopic (exact) mass is 293 g/mol. The van der Waals surface area contributed by atoms with Crippen molar-refractivity contribution in [3.63, 3.8) is 0 Å². The Morgan fingerprint density at radius 3 is 2.62 bits per heavy atom. The number of aromatic carboxylic acids is 1. The van der Waals surface area contributed by atoms with Crippen LogP contribution in [0.4, 0.5) is 10.1 Å². The van der Waals surface area contributed by atoms with Crippen molar-refractivity contribution in [2.45, 2.75) is 39.5 Å². The topological polar surface area (TPSA) is 66.4 Å². The Kier molecular flexibility index (Phi) is 4.30. The molecule has 5 heteroatoms. The maximum absolute atomic E-state index is 13.6. The van der Waals surface area contributed by atoms with E-state index in [1.54, 1.807) is 0 Å². The highest BCUT2D eigenvalue weighted by Crippen LogP contribution is 2.41. The molecule has 0 aliphatic heterocycles. The van der Waals surface area contributed by atoms with Crippen molar-refractivity contribution in [3.8, 4) is 0 Å². The van der Waals surface area contributed by atoms with Gasteiger partial charge in [0.25, 0.3) is 0 Å². The first kappa shape index (κ1) is 15.5. The summed E-state index contributed by atoms with van der Waals surface area (Å²) >= 11 is 0. The number of carbonyl (C=O) groups excluding carboxylic acids is 1. The van der Waals surface area contributed by atoms with Gasteiger partial charge in [0.05, 0.1) is 5.56 Å². The SMILES string of the molecule is CC1(C)CCCCC1C(=O)Nc1ccc(C(=O)O)c(F)c1. The van der Waals surface area contributed by atoms with Crippen LogP contribution < -0.4 is 5.32 Å². The molecule has 0 spiro atoms. The van der Waals surface area contributed by atoms with E-state index in [0.29, 0.717) is 5.69 Å². The summed E-state index contributed by atoms with van der Waals surface area (Å²) in [5, 5.41) is 11.5. The largest absolute Gasteiger partial charge is 0.478 e. The molecule has 1 aliphatic carbocycles. The standard InChI is InChI=1S/C16H20FNO3/c1-16(2)8-4-3-5-12(16)14(19)18-10-6-7-11(15(20)21)13(17)9-10/h6-7,9,12H,3-5,8H2,1-2H3,(H,18,19)(H,20,21). The molecule has 0 bridgehead atoms. The third-order valence-electron chi connectivity index (χ3n) is 4.29. The van der Waals surface area contributed by atoms with E-state index in [4.69, 9.17) is 5.11 Å². The molecule has 21 heavy (non-hydrogen) atoms. The molecule has 1 atom stereocenters. The minimum atomic E-state index is -1.32. The van der Waals surface area contributed by atoms with Gasteiger partial charge in [-0.15, -0.1) is 0 Å². The van der Waals surface area contributed by atoms with Gasteiger partial charge >= 0.3 is 5.97 Å². The maximum atomic E-state index is 13.6. The quantitative estimate of drug-likeness (QED) is 0.893. The number of hydrogen-bond acceptors (Lipinski definition) is 2. The second-order valence-corrected chi connectivity index (χ2v) is 6.28. The van der Waals surface area contributed by atoms with Crippen LogP contribution in [0.5, 0.6) is 0 Å². The van der Waals surface area contributed by atoms with Crippen LogP contribution in [0.25, 0.3) is 0 Å². The molecule has 1 aliphatic rings. The number of halogens is 1. The smallest absolute Gasteiger partial charge is 0.338 e. The molecule has 1 unspecified atom stereocenters. The van der Waals surface area contributed by atoms with E-state index < -0.39 is 17.3 Å². The predicted molar refractivity (Wildman–Crippen MR) is 77.7 cm³/mol. The van der Waals surface area contributed by atoms with E-state index in [-0.39, 0.29) is 17.2 Å². The summed E-state index contributed by atoms with van der Waals surface area (Å²) in [5.74, 6) is -2.39. The molecule has 0 aromatic heterocycles. The molecule has 1 amide bonds. The number of amides is 1. The fourth-order valence-electron chi connectivity index (χ4n) is 2.98. The number of carbonyl (C=O) groups is 2. The van der Waals surface area contributed by atoms with Crippen molar-refractivity contribution in [1.29, 1.82) is 0 Å². The summed E-state index contributed by atoms with van der Waals surface area (Å²) in [7, 11) is 0. The second kappa shape index (κ2) is 5.84. The van der Waals surface area contributed by atoms with Crippen molar-refractivity contribution in [3.05, 3.63) is 29.6 Å². The van der Waals surface area contributed by atoms with Crippen molar-refractivity contribution >= 4 is 17.6 Å². The van der Waals surface area contributed by atoms with Gasteiger partial charge in [-0.1, -0.05) is 26.7 Å². The Hall–Kier alpha value is -1.91. The number of carboxylic acid groups (broad SMARTS) is 1. The van der Waals surface area contributed by atoms with Crippen LogP contribution in [-0.2, 0) is 4.79 Å². The first-order chi connectivity index (χ1) is 9.81. The van der Waals surface area contributed by atoms with Gasteiger partial charge in [-0.05, 0) is 36.5 Å². The average Bonchev–Trinajstić information content (AvgIpc) is 2.37. The van der Waals surface area contributed by atoms with Gasteiger partial charge < -0.3 is 10.4 Å². The highest BCUT2D eigenvalue weighted by molar-refractivity contribution is 5.94. The van der Waals surface area contributed by atoms with Crippen LogP contribution in [0, 0.1) is 17.2 Å². The molecule has 0 radical (unpaired) electrons. The van der Waals surface area contributed by atoms with Gasteiger partial charge in [0.1, 0.15) is 5.82 Å². The fraction of sp³-hybridized carbons (Fsp3) is 0.500. The molecule has 114 valence electrons. The summed E-state index contributed by atoms with van der Waals surface area (Å²) in [6.07, 6.45) is 3.97. The zero-order valence-electron chi connectivity index (χ0n) is 12.3. The summed E-state index contributed by atoms with van der Waals surface area (Å²) < 4.78 is 13.6. The Labute approximate surface area is 123 Å². The number of benzene rings is 1. The van der Waals surface area contributed by atoms with Gasteiger partial charge in [-0.25, -0.2) is 9.18 Å². The predicted octanol–water partition coefficient (Wildman–Crippen LogP) is 3.68. The lowest BCUT2D eigenvalue weighted by molar-refractivity contribution is -0.124. The first-order valence-electron chi connectivity index (χ1n) is 7.15. The molecule has 4 nitrogen and oxygen atoms in total. The van der Waals surface area contributed by atoms with E-state index in [9.17, 15) is 14.0 Å². The molecule has 0 heterocycles. The summed E-state index contributed by atoms with van der Waals surface area (Å²) in [6.45, 7) is 4.15. The number of anilines is 1. The lowest BCUT2D eigenvalue weighted by Gasteiger charge is -2.37.